The normalized spacial score (nSPS) is 12.3. The van der Waals surface area contributed by atoms with Gasteiger partial charge in [-0.2, -0.15) is 0 Å². The molecule has 1 nitrogen and oxygen atoms in total. The third-order valence-corrected chi connectivity index (χ3v) is 4.31. The van der Waals surface area contributed by atoms with Crippen LogP contribution >= 0.6 is 22.6 Å². The van der Waals surface area contributed by atoms with Crippen molar-refractivity contribution in [1.29, 1.82) is 0 Å². The van der Waals surface area contributed by atoms with Crippen LogP contribution in [0, 0.1) is 3.57 Å². The maximum absolute atomic E-state index is 10.0. The average Bonchev–Trinajstić information content (AvgIpc) is 2.42. The van der Waals surface area contributed by atoms with Gasteiger partial charge in [-0.05, 0) is 65.5 Å². The average molecular weight is 366 g/mol. The Balaban J connectivity index is 1.75. The first-order valence-electron chi connectivity index (χ1n) is 6.71. The molecule has 2 rings (SSSR count). The number of aliphatic hydroxyl groups excluding tert-OH is 1. The first-order valence-corrected chi connectivity index (χ1v) is 7.79. The summed E-state index contributed by atoms with van der Waals surface area (Å²) in [7, 11) is 0. The third-order valence-electron chi connectivity index (χ3n) is 3.26. The lowest BCUT2D eigenvalue weighted by Gasteiger charge is -2.11. The topological polar surface area (TPSA) is 20.2 Å². The zero-order valence-corrected chi connectivity index (χ0v) is 13.1. The first kappa shape index (κ1) is 14.5. The van der Waals surface area contributed by atoms with E-state index < -0.39 is 0 Å². The highest BCUT2D eigenvalue weighted by Crippen LogP contribution is 2.15. The maximum Gasteiger partial charge on any atom is 0.0580 e. The first-order chi connectivity index (χ1) is 9.25. The molecule has 2 heteroatoms. The number of benzene rings is 2. The van der Waals surface area contributed by atoms with Crippen LogP contribution in [0.15, 0.2) is 54.6 Å². The number of aryl methyl sites for hydroxylation is 1. The molecule has 0 aliphatic heterocycles. The molecule has 1 N–H and O–H groups in total. The predicted octanol–water partition coefficient (Wildman–Crippen LogP) is 4.22. The molecule has 1 atom stereocenters. The fourth-order valence-corrected chi connectivity index (χ4v) is 2.87. The molecule has 100 valence electrons. The zero-order chi connectivity index (χ0) is 13.5. The van der Waals surface area contributed by atoms with Crippen molar-refractivity contribution in [2.45, 2.75) is 31.8 Å². The highest BCUT2D eigenvalue weighted by molar-refractivity contribution is 14.1. The molecule has 0 saturated heterocycles. The second-order valence-electron chi connectivity index (χ2n) is 4.83. The van der Waals surface area contributed by atoms with Gasteiger partial charge in [-0.25, -0.2) is 0 Å². The fraction of sp³-hybridized carbons (Fsp3) is 0.294. The van der Waals surface area contributed by atoms with E-state index in [-0.39, 0.29) is 6.10 Å². The summed E-state index contributed by atoms with van der Waals surface area (Å²) in [6.07, 6.45) is 3.47. The van der Waals surface area contributed by atoms with Crippen molar-refractivity contribution in [1.82, 2.24) is 0 Å². The minimum atomic E-state index is -0.233. The second-order valence-corrected chi connectivity index (χ2v) is 5.99. The number of hydrogen-bond donors (Lipinski definition) is 1. The molecule has 0 bridgehead atoms. The SMILES string of the molecule is OC(CCCc1ccccc1I)Cc1ccccc1. The van der Waals surface area contributed by atoms with Crippen molar-refractivity contribution in [3.63, 3.8) is 0 Å². The fourth-order valence-electron chi connectivity index (χ4n) is 2.22. The molecule has 2 aromatic rings. The van der Waals surface area contributed by atoms with Crippen molar-refractivity contribution in [3.8, 4) is 0 Å². The molecular formula is C17H19IO. The maximum atomic E-state index is 10.0. The van der Waals surface area contributed by atoms with Gasteiger partial charge in [-0.15, -0.1) is 0 Å². The Hall–Kier alpha value is -0.870. The van der Waals surface area contributed by atoms with Crippen LogP contribution in [-0.4, -0.2) is 11.2 Å². The van der Waals surface area contributed by atoms with Gasteiger partial charge in [0.15, 0.2) is 0 Å². The highest BCUT2D eigenvalue weighted by atomic mass is 127. The van der Waals surface area contributed by atoms with Crippen LogP contribution in [0.1, 0.15) is 24.0 Å². The van der Waals surface area contributed by atoms with Crippen LogP contribution in [-0.2, 0) is 12.8 Å². The van der Waals surface area contributed by atoms with Crippen molar-refractivity contribution < 1.29 is 5.11 Å². The molecule has 1 unspecified atom stereocenters. The van der Waals surface area contributed by atoms with Crippen LogP contribution in [0.25, 0.3) is 0 Å². The summed E-state index contributed by atoms with van der Waals surface area (Å²) in [5.41, 5.74) is 2.60. The molecule has 0 radical (unpaired) electrons. The molecule has 0 aliphatic rings. The van der Waals surface area contributed by atoms with Gasteiger partial charge < -0.3 is 5.11 Å². The molecule has 0 saturated carbocycles. The van der Waals surface area contributed by atoms with E-state index in [4.69, 9.17) is 0 Å². The van der Waals surface area contributed by atoms with E-state index in [0.717, 1.165) is 25.7 Å². The number of halogens is 1. The minimum Gasteiger partial charge on any atom is -0.393 e. The van der Waals surface area contributed by atoms with Crippen LogP contribution in [0.4, 0.5) is 0 Å². The van der Waals surface area contributed by atoms with Crippen molar-refractivity contribution >= 4 is 22.6 Å². The van der Waals surface area contributed by atoms with Gasteiger partial charge in [0.2, 0.25) is 0 Å². The van der Waals surface area contributed by atoms with Crippen LogP contribution < -0.4 is 0 Å². The number of aliphatic hydroxyl groups is 1. The van der Waals surface area contributed by atoms with E-state index in [9.17, 15) is 5.11 Å². The Morgan fingerprint density at radius 1 is 0.947 bits per heavy atom. The van der Waals surface area contributed by atoms with Crippen molar-refractivity contribution in [2.24, 2.45) is 0 Å². The third kappa shape index (κ3) is 4.96. The largest absolute Gasteiger partial charge is 0.393 e. The Kier molecular flexibility index (Phi) is 5.86. The van der Waals surface area contributed by atoms with E-state index in [1.54, 1.807) is 0 Å². The smallest absolute Gasteiger partial charge is 0.0580 e. The molecule has 0 amide bonds. The monoisotopic (exact) mass is 366 g/mol. The van der Waals surface area contributed by atoms with E-state index in [1.165, 1.54) is 14.7 Å². The Labute approximate surface area is 128 Å². The lowest BCUT2D eigenvalue weighted by Crippen LogP contribution is -2.10. The van der Waals surface area contributed by atoms with E-state index in [1.807, 2.05) is 18.2 Å². The molecule has 0 heterocycles. The lowest BCUT2D eigenvalue weighted by atomic mass is 10.0. The molecule has 0 spiro atoms. The Bertz CT molecular complexity index is 496. The molecule has 0 aromatic heterocycles. The summed E-state index contributed by atoms with van der Waals surface area (Å²) in [6.45, 7) is 0. The molecule has 19 heavy (non-hydrogen) atoms. The van der Waals surface area contributed by atoms with E-state index in [2.05, 4.69) is 59.0 Å². The molecular weight excluding hydrogens is 347 g/mol. The number of hydrogen-bond acceptors (Lipinski definition) is 1. The predicted molar refractivity (Wildman–Crippen MR) is 88.2 cm³/mol. The quantitative estimate of drug-likeness (QED) is 0.760. The van der Waals surface area contributed by atoms with Crippen LogP contribution in [0.5, 0.6) is 0 Å². The van der Waals surface area contributed by atoms with Gasteiger partial charge in [-0.1, -0.05) is 48.5 Å². The highest BCUT2D eigenvalue weighted by Gasteiger charge is 2.06. The zero-order valence-electron chi connectivity index (χ0n) is 10.9. The van der Waals surface area contributed by atoms with Gasteiger partial charge in [0, 0.05) is 3.57 Å². The van der Waals surface area contributed by atoms with Gasteiger partial charge in [0.1, 0.15) is 0 Å². The summed E-state index contributed by atoms with van der Waals surface area (Å²) in [5.74, 6) is 0. The van der Waals surface area contributed by atoms with Crippen molar-refractivity contribution in [3.05, 3.63) is 69.3 Å². The Morgan fingerprint density at radius 3 is 2.37 bits per heavy atom. The lowest BCUT2D eigenvalue weighted by molar-refractivity contribution is 0.162. The van der Waals surface area contributed by atoms with E-state index in [0.29, 0.717) is 0 Å². The minimum absolute atomic E-state index is 0.233. The van der Waals surface area contributed by atoms with Crippen LogP contribution in [0.3, 0.4) is 0 Å². The van der Waals surface area contributed by atoms with Gasteiger partial charge in [0.05, 0.1) is 6.10 Å². The number of rotatable bonds is 6. The summed E-state index contributed by atoms with van der Waals surface area (Å²) >= 11 is 2.37. The van der Waals surface area contributed by atoms with Gasteiger partial charge >= 0.3 is 0 Å². The second kappa shape index (κ2) is 7.65. The van der Waals surface area contributed by atoms with Crippen molar-refractivity contribution in [2.75, 3.05) is 0 Å². The van der Waals surface area contributed by atoms with E-state index >= 15 is 0 Å². The van der Waals surface area contributed by atoms with Gasteiger partial charge in [0.25, 0.3) is 0 Å². The summed E-state index contributed by atoms with van der Waals surface area (Å²) in [6, 6.07) is 18.7. The Morgan fingerprint density at radius 2 is 1.63 bits per heavy atom. The summed E-state index contributed by atoms with van der Waals surface area (Å²) in [4.78, 5) is 0. The summed E-state index contributed by atoms with van der Waals surface area (Å²) in [5, 5.41) is 10.0. The molecule has 2 aromatic carbocycles. The van der Waals surface area contributed by atoms with Crippen LogP contribution in [0.2, 0.25) is 0 Å². The van der Waals surface area contributed by atoms with Gasteiger partial charge in [-0.3, -0.25) is 0 Å². The molecule has 0 fully saturated rings. The standard InChI is InChI=1S/C17H19IO/c18-17-12-5-4-9-15(17)10-6-11-16(19)13-14-7-2-1-3-8-14/h1-5,7-9,12,16,19H,6,10-11,13H2. The molecule has 0 aliphatic carbocycles. The summed E-state index contributed by atoms with van der Waals surface area (Å²) < 4.78 is 1.32.